The number of nitrogens with zero attached hydrogens (tertiary/aromatic N) is 1. The highest BCUT2D eigenvalue weighted by atomic mass is 16.5. The summed E-state index contributed by atoms with van der Waals surface area (Å²) in [5, 5.41) is 9.39. The summed E-state index contributed by atoms with van der Waals surface area (Å²) in [6.45, 7) is 7.36. The van der Waals surface area contributed by atoms with Crippen LogP contribution in [0.25, 0.3) is 0 Å². The van der Waals surface area contributed by atoms with Gasteiger partial charge in [0.05, 0.1) is 13.2 Å². The summed E-state index contributed by atoms with van der Waals surface area (Å²) in [6, 6.07) is 6.69. The Bertz CT molecular complexity index is 419. The monoisotopic (exact) mass is 277 g/mol. The first-order valence-corrected chi connectivity index (χ1v) is 7.75. The van der Waals surface area contributed by atoms with Crippen molar-refractivity contribution >= 4 is 0 Å². The lowest BCUT2D eigenvalue weighted by molar-refractivity contribution is 0.0851. The van der Waals surface area contributed by atoms with E-state index in [9.17, 15) is 5.11 Å². The van der Waals surface area contributed by atoms with Crippen molar-refractivity contribution in [1.29, 1.82) is 0 Å². The Balaban J connectivity index is 1.74. The van der Waals surface area contributed by atoms with Crippen molar-refractivity contribution in [2.45, 2.75) is 45.6 Å². The van der Waals surface area contributed by atoms with Gasteiger partial charge in [-0.15, -0.1) is 0 Å². The summed E-state index contributed by atoms with van der Waals surface area (Å²) < 4.78 is 5.89. The van der Waals surface area contributed by atoms with Gasteiger partial charge < -0.3 is 9.84 Å². The molecule has 1 atom stereocenters. The standard InChI is InChI=1S/C17H27NO2/c1-14-7-8-15(2)17(12-14)20-11-5-10-18-9-4-3-6-16(18)13-19/h7-8,12,16,19H,3-6,9-11,13H2,1-2H3. The van der Waals surface area contributed by atoms with E-state index in [1.54, 1.807) is 0 Å². The van der Waals surface area contributed by atoms with Crippen molar-refractivity contribution in [1.82, 2.24) is 4.90 Å². The smallest absolute Gasteiger partial charge is 0.122 e. The second-order valence-corrected chi connectivity index (χ2v) is 5.84. The largest absolute Gasteiger partial charge is 0.493 e. The molecule has 1 fully saturated rings. The molecule has 1 heterocycles. The molecule has 1 saturated heterocycles. The zero-order valence-electron chi connectivity index (χ0n) is 12.8. The Morgan fingerprint density at radius 1 is 1.30 bits per heavy atom. The van der Waals surface area contributed by atoms with E-state index in [1.165, 1.54) is 24.0 Å². The lowest BCUT2D eigenvalue weighted by Crippen LogP contribution is -2.42. The molecular weight excluding hydrogens is 250 g/mol. The van der Waals surface area contributed by atoms with Crippen LogP contribution in [0.5, 0.6) is 5.75 Å². The third kappa shape index (κ3) is 4.22. The third-order valence-corrected chi connectivity index (χ3v) is 4.15. The fourth-order valence-corrected chi connectivity index (χ4v) is 2.87. The molecule has 3 nitrogen and oxygen atoms in total. The van der Waals surface area contributed by atoms with Crippen LogP contribution in [0.4, 0.5) is 0 Å². The minimum absolute atomic E-state index is 0.290. The highest BCUT2D eigenvalue weighted by Gasteiger charge is 2.20. The lowest BCUT2D eigenvalue weighted by atomic mass is 10.0. The Morgan fingerprint density at radius 3 is 2.95 bits per heavy atom. The zero-order chi connectivity index (χ0) is 14.4. The summed E-state index contributed by atoms with van der Waals surface area (Å²) in [4.78, 5) is 2.41. The van der Waals surface area contributed by atoms with Crippen LogP contribution >= 0.6 is 0 Å². The van der Waals surface area contributed by atoms with Gasteiger partial charge in [0.25, 0.3) is 0 Å². The molecule has 1 aromatic rings. The number of rotatable bonds is 6. The predicted octanol–water partition coefficient (Wildman–Crippen LogP) is 2.92. The zero-order valence-corrected chi connectivity index (χ0v) is 12.8. The third-order valence-electron chi connectivity index (χ3n) is 4.15. The number of piperidine rings is 1. The summed E-state index contributed by atoms with van der Waals surface area (Å²) in [6.07, 6.45) is 4.66. The lowest BCUT2D eigenvalue weighted by Gasteiger charge is -2.34. The van der Waals surface area contributed by atoms with Crippen LogP contribution in [-0.2, 0) is 0 Å². The molecule has 0 spiro atoms. The minimum Gasteiger partial charge on any atom is -0.493 e. The quantitative estimate of drug-likeness (QED) is 0.812. The molecule has 2 rings (SSSR count). The van der Waals surface area contributed by atoms with Gasteiger partial charge >= 0.3 is 0 Å². The van der Waals surface area contributed by atoms with Crippen molar-refractivity contribution < 1.29 is 9.84 Å². The Kier molecular flexibility index (Phi) is 5.86. The molecule has 1 unspecified atom stereocenters. The second kappa shape index (κ2) is 7.65. The van der Waals surface area contributed by atoms with E-state index in [4.69, 9.17) is 4.74 Å². The molecule has 1 aliphatic heterocycles. The molecule has 1 N–H and O–H groups in total. The predicted molar refractivity (Wildman–Crippen MR) is 82.3 cm³/mol. The fourth-order valence-electron chi connectivity index (χ4n) is 2.87. The minimum atomic E-state index is 0.290. The Morgan fingerprint density at radius 2 is 2.15 bits per heavy atom. The molecule has 0 bridgehead atoms. The number of hydrogen-bond donors (Lipinski definition) is 1. The SMILES string of the molecule is Cc1ccc(C)c(OCCCN2CCCCC2CO)c1. The highest BCUT2D eigenvalue weighted by Crippen LogP contribution is 2.20. The van der Waals surface area contributed by atoms with Gasteiger partial charge in [-0.3, -0.25) is 4.90 Å². The number of likely N-dealkylation sites (tertiary alicyclic amines) is 1. The molecular formula is C17H27NO2. The van der Waals surface area contributed by atoms with Gasteiger partial charge in [0.2, 0.25) is 0 Å². The molecule has 0 amide bonds. The van der Waals surface area contributed by atoms with E-state index in [1.807, 2.05) is 0 Å². The summed E-state index contributed by atoms with van der Waals surface area (Å²) in [5.41, 5.74) is 2.43. The molecule has 3 heteroatoms. The average molecular weight is 277 g/mol. The number of ether oxygens (including phenoxy) is 1. The molecule has 112 valence electrons. The number of aryl methyl sites for hydroxylation is 2. The normalized spacial score (nSPS) is 20.1. The van der Waals surface area contributed by atoms with Gasteiger partial charge in [-0.2, -0.15) is 0 Å². The summed E-state index contributed by atoms with van der Waals surface area (Å²) >= 11 is 0. The van der Waals surface area contributed by atoms with Crippen molar-refractivity contribution in [3.05, 3.63) is 29.3 Å². The topological polar surface area (TPSA) is 32.7 Å². The van der Waals surface area contributed by atoms with E-state index in [-0.39, 0.29) is 6.61 Å². The highest BCUT2D eigenvalue weighted by molar-refractivity contribution is 5.35. The van der Waals surface area contributed by atoms with E-state index < -0.39 is 0 Å². The summed E-state index contributed by atoms with van der Waals surface area (Å²) in [5.74, 6) is 1.00. The van der Waals surface area contributed by atoms with Crippen LogP contribution in [0.2, 0.25) is 0 Å². The first-order valence-electron chi connectivity index (χ1n) is 7.75. The van der Waals surface area contributed by atoms with Gasteiger partial charge in [-0.25, -0.2) is 0 Å². The number of benzene rings is 1. The van der Waals surface area contributed by atoms with Crippen LogP contribution in [-0.4, -0.2) is 42.4 Å². The molecule has 0 radical (unpaired) electrons. The Labute approximate surface area is 122 Å². The van der Waals surface area contributed by atoms with Gasteiger partial charge in [-0.1, -0.05) is 18.6 Å². The average Bonchev–Trinajstić information content (AvgIpc) is 2.47. The molecule has 0 aliphatic carbocycles. The Hall–Kier alpha value is -1.06. The first-order chi connectivity index (χ1) is 9.70. The summed E-state index contributed by atoms with van der Waals surface area (Å²) in [7, 11) is 0. The van der Waals surface area contributed by atoms with Crippen LogP contribution < -0.4 is 4.74 Å². The van der Waals surface area contributed by atoms with Gasteiger partial charge in [0, 0.05) is 12.6 Å². The molecule has 0 aromatic heterocycles. The van der Waals surface area contributed by atoms with E-state index in [0.717, 1.165) is 38.3 Å². The maximum absolute atomic E-state index is 9.39. The van der Waals surface area contributed by atoms with Crippen molar-refractivity contribution in [2.24, 2.45) is 0 Å². The van der Waals surface area contributed by atoms with Crippen molar-refractivity contribution in [2.75, 3.05) is 26.3 Å². The molecule has 1 aromatic carbocycles. The van der Waals surface area contributed by atoms with Crippen LogP contribution in [0.3, 0.4) is 0 Å². The van der Waals surface area contributed by atoms with Gasteiger partial charge in [-0.05, 0) is 56.8 Å². The van der Waals surface area contributed by atoms with E-state index >= 15 is 0 Å². The number of aliphatic hydroxyl groups excluding tert-OH is 1. The van der Waals surface area contributed by atoms with E-state index in [0.29, 0.717) is 6.04 Å². The molecule has 20 heavy (non-hydrogen) atoms. The maximum Gasteiger partial charge on any atom is 0.122 e. The molecule has 0 saturated carbocycles. The first kappa shape index (κ1) is 15.3. The van der Waals surface area contributed by atoms with E-state index in [2.05, 4.69) is 36.9 Å². The second-order valence-electron chi connectivity index (χ2n) is 5.84. The number of hydrogen-bond acceptors (Lipinski definition) is 3. The van der Waals surface area contributed by atoms with Crippen LogP contribution in [0, 0.1) is 13.8 Å². The van der Waals surface area contributed by atoms with Crippen LogP contribution in [0.15, 0.2) is 18.2 Å². The maximum atomic E-state index is 9.39. The van der Waals surface area contributed by atoms with Gasteiger partial charge in [0.15, 0.2) is 0 Å². The number of aliphatic hydroxyl groups is 1. The van der Waals surface area contributed by atoms with Gasteiger partial charge in [0.1, 0.15) is 5.75 Å². The van der Waals surface area contributed by atoms with Crippen molar-refractivity contribution in [3.63, 3.8) is 0 Å². The molecule has 1 aliphatic rings. The van der Waals surface area contributed by atoms with Crippen molar-refractivity contribution in [3.8, 4) is 5.75 Å². The fraction of sp³-hybridized carbons (Fsp3) is 0.647. The van der Waals surface area contributed by atoms with Crippen LogP contribution in [0.1, 0.15) is 36.8 Å².